The standard InChI is InChI=1S/C11H13ClFNS/c1-7-5-8(6-15-7)14-11-9(12)3-2-4-10(11)13/h2-4,7-8,14H,5-6H2,1H3. The molecule has 2 rings (SSSR count). The van der Waals surface area contributed by atoms with Crippen LogP contribution in [0.5, 0.6) is 0 Å². The number of para-hydroxylation sites is 1. The van der Waals surface area contributed by atoms with Gasteiger partial charge in [0.1, 0.15) is 5.82 Å². The predicted molar refractivity (Wildman–Crippen MR) is 65.4 cm³/mol. The second-order valence-electron chi connectivity index (χ2n) is 3.82. The molecular formula is C11H13ClFNS. The van der Waals surface area contributed by atoms with Crippen molar-refractivity contribution >= 4 is 29.1 Å². The lowest BCUT2D eigenvalue weighted by Gasteiger charge is -2.15. The van der Waals surface area contributed by atoms with Crippen molar-refractivity contribution in [1.29, 1.82) is 0 Å². The first kappa shape index (κ1) is 11.1. The van der Waals surface area contributed by atoms with Crippen LogP contribution in [-0.2, 0) is 0 Å². The fourth-order valence-corrected chi connectivity index (χ4v) is 3.12. The summed E-state index contributed by atoms with van der Waals surface area (Å²) in [7, 11) is 0. The van der Waals surface area contributed by atoms with Crippen LogP contribution in [-0.4, -0.2) is 17.0 Å². The number of anilines is 1. The number of benzene rings is 1. The van der Waals surface area contributed by atoms with Crippen molar-refractivity contribution in [3.8, 4) is 0 Å². The average Bonchev–Trinajstić information content (AvgIpc) is 2.58. The molecule has 1 saturated heterocycles. The summed E-state index contributed by atoms with van der Waals surface area (Å²) in [5.41, 5.74) is 0.443. The lowest BCUT2D eigenvalue weighted by Crippen LogP contribution is -2.19. The molecular weight excluding hydrogens is 233 g/mol. The summed E-state index contributed by atoms with van der Waals surface area (Å²) < 4.78 is 13.4. The van der Waals surface area contributed by atoms with Crippen LogP contribution in [0.4, 0.5) is 10.1 Å². The number of hydrogen-bond donors (Lipinski definition) is 1. The van der Waals surface area contributed by atoms with Crippen molar-refractivity contribution in [2.24, 2.45) is 0 Å². The van der Waals surface area contributed by atoms with Gasteiger partial charge in [-0.15, -0.1) is 0 Å². The molecule has 1 aliphatic heterocycles. The highest BCUT2D eigenvalue weighted by Crippen LogP contribution is 2.31. The van der Waals surface area contributed by atoms with Gasteiger partial charge in [0, 0.05) is 17.0 Å². The molecule has 1 nitrogen and oxygen atoms in total. The van der Waals surface area contributed by atoms with Crippen LogP contribution >= 0.6 is 23.4 Å². The number of halogens is 2. The maximum Gasteiger partial charge on any atom is 0.147 e. The summed E-state index contributed by atoms with van der Waals surface area (Å²) in [4.78, 5) is 0. The molecule has 0 bridgehead atoms. The van der Waals surface area contributed by atoms with E-state index in [4.69, 9.17) is 11.6 Å². The van der Waals surface area contributed by atoms with Crippen molar-refractivity contribution in [2.75, 3.05) is 11.1 Å². The fraction of sp³-hybridized carbons (Fsp3) is 0.455. The minimum Gasteiger partial charge on any atom is -0.378 e. The molecule has 82 valence electrons. The van der Waals surface area contributed by atoms with E-state index in [2.05, 4.69) is 12.2 Å². The fourth-order valence-electron chi connectivity index (χ4n) is 1.76. The summed E-state index contributed by atoms with van der Waals surface area (Å²) >= 11 is 7.84. The van der Waals surface area contributed by atoms with Crippen LogP contribution in [0.2, 0.25) is 5.02 Å². The van der Waals surface area contributed by atoms with E-state index in [0.717, 1.165) is 12.2 Å². The van der Waals surface area contributed by atoms with Crippen molar-refractivity contribution in [2.45, 2.75) is 24.6 Å². The van der Waals surface area contributed by atoms with Gasteiger partial charge >= 0.3 is 0 Å². The first-order valence-corrected chi connectivity index (χ1v) is 6.41. The molecule has 1 aromatic rings. The molecule has 2 atom stereocenters. The van der Waals surface area contributed by atoms with Crippen LogP contribution in [0.1, 0.15) is 13.3 Å². The lowest BCUT2D eigenvalue weighted by molar-refractivity contribution is 0.625. The zero-order chi connectivity index (χ0) is 10.8. The molecule has 1 heterocycles. The van der Waals surface area contributed by atoms with E-state index in [1.54, 1.807) is 12.1 Å². The minimum atomic E-state index is -0.271. The SMILES string of the molecule is CC1CC(Nc2c(F)cccc2Cl)CS1. The first-order valence-electron chi connectivity index (χ1n) is 4.99. The minimum absolute atomic E-state index is 0.271. The number of nitrogens with one attached hydrogen (secondary N) is 1. The van der Waals surface area contributed by atoms with E-state index in [-0.39, 0.29) is 5.82 Å². The van der Waals surface area contributed by atoms with Gasteiger partial charge in [0.2, 0.25) is 0 Å². The molecule has 0 aromatic heterocycles. The van der Waals surface area contributed by atoms with Gasteiger partial charge < -0.3 is 5.32 Å². The van der Waals surface area contributed by atoms with Crippen molar-refractivity contribution in [1.82, 2.24) is 0 Å². The normalized spacial score (nSPS) is 25.5. The summed E-state index contributed by atoms with van der Waals surface area (Å²) in [6.45, 7) is 2.19. The molecule has 0 saturated carbocycles. The third kappa shape index (κ3) is 2.58. The average molecular weight is 246 g/mol. The van der Waals surface area contributed by atoms with Crippen molar-refractivity contribution in [3.63, 3.8) is 0 Å². The van der Waals surface area contributed by atoms with Gasteiger partial charge in [-0.1, -0.05) is 24.6 Å². The van der Waals surface area contributed by atoms with E-state index in [1.165, 1.54) is 6.07 Å². The summed E-state index contributed by atoms with van der Waals surface area (Å²) in [6.07, 6.45) is 1.06. The second kappa shape index (κ2) is 4.62. The molecule has 15 heavy (non-hydrogen) atoms. The largest absolute Gasteiger partial charge is 0.378 e. The van der Waals surface area contributed by atoms with Gasteiger partial charge in [0.05, 0.1) is 10.7 Å². The molecule has 0 aliphatic carbocycles. The van der Waals surface area contributed by atoms with E-state index in [0.29, 0.717) is 22.0 Å². The molecule has 0 amide bonds. The van der Waals surface area contributed by atoms with Crippen LogP contribution in [0.15, 0.2) is 18.2 Å². The maximum absolute atomic E-state index is 13.4. The highest BCUT2D eigenvalue weighted by atomic mass is 35.5. The highest BCUT2D eigenvalue weighted by molar-refractivity contribution is 8.00. The van der Waals surface area contributed by atoms with Crippen LogP contribution in [0.25, 0.3) is 0 Å². The van der Waals surface area contributed by atoms with E-state index in [1.807, 2.05) is 11.8 Å². The Morgan fingerprint density at radius 2 is 2.33 bits per heavy atom. The van der Waals surface area contributed by atoms with Crippen LogP contribution in [0, 0.1) is 5.82 Å². The van der Waals surface area contributed by atoms with E-state index < -0.39 is 0 Å². The van der Waals surface area contributed by atoms with E-state index in [9.17, 15) is 4.39 Å². The second-order valence-corrected chi connectivity index (χ2v) is 5.70. The maximum atomic E-state index is 13.4. The zero-order valence-corrected chi connectivity index (χ0v) is 10.0. The van der Waals surface area contributed by atoms with Gasteiger partial charge in [-0.3, -0.25) is 0 Å². The van der Waals surface area contributed by atoms with Gasteiger partial charge in [-0.25, -0.2) is 4.39 Å². The summed E-state index contributed by atoms with van der Waals surface area (Å²) in [5, 5.41) is 4.28. The molecule has 0 radical (unpaired) electrons. The Hall–Kier alpha value is -0.410. The summed E-state index contributed by atoms with van der Waals surface area (Å²) in [5.74, 6) is 0.748. The molecule has 1 N–H and O–H groups in total. The van der Waals surface area contributed by atoms with Gasteiger partial charge in [0.25, 0.3) is 0 Å². The monoisotopic (exact) mass is 245 g/mol. The molecule has 4 heteroatoms. The van der Waals surface area contributed by atoms with Crippen LogP contribution in [0.3, 0.4) is 0 Å². The van der Waals surface area contributed by atoms with Gasteiger partial charge in [0.15, 0.2) is 0 Å². The Kier molecular flexibility index (Phi) is 3.42. The van der Waals surface area contributed by atoms with E-state index >= 15 is 0 Å². The molecule has 1 fully saturated rings. The Balaban J connectivity index is 2.10. The van der Waals surface area contributed by atoms with Gasteiger partial charge in [-0.2, -0.15) is 11.8 Å². The number of hydrogen-bond acceptors (Lipinski definition) is 2. The number of rotatable bonds is 2. The Bertz CT molecular complexity index is 338. The summed E-state index contributed by atoms with van der Waals surface area (Å²) in [6, 6.07) is 5.09. The van der Waals surface area contributed by atoms with Crippen molar-refractivity contribution < 1.29 is 4.39 Å². The topological polar surface area (TPSA) is 12.0 Å². The molecule has 1 aliphatic rings. The third-order valence-corrected chi connectivity index (χ3v) is 4.18. The Morgan fingerprint density at radius 1 is 1.53 bits per heavy atom. The predicted octanol–water partition coefficient (Wildman–Crippen LogP) is 3.79. The van der Waals surface area contributed by atoms with Gasteiger partial charge in [-0.05, 0) is 18.6 Å². The third-order valence-electron chi connectivity index (χ3n) is 2.51. The van der Waals surface area contributed by atoms with Crippen molar-refractivity contribution in [3.05, 3.63) is 29.0 Å². The number of thioether (sulfide) groups is 1. The molecule has 0 spiro atoms. The highest BCUT2D eigenvalue weighted by Gasteiger charge is 2.23. The first-order chi connectivity index (χ1) is 7.16. The lowest BCUT2D eigenvalue weighted by atomic mass is 10.2. The smallest absolute Gasteiger partial charge is 0.147 e. The van der Waals surface area contributed by atoms with Crippen LogP contribution < -0.4 is 5.32 Å². The Morgan fingerprint density at radius 3 is 2.93 bits per heavy atom. The zero-order valence-electron chi connectivity index (χ0n) is 8.47. The Labute approximate surface area is 98.4 Å². The molecule has 2 unspecified atom stereocenters. The quantitative estimate of drug-likeness (QED) is 0.851. The molecule has 1 aromatic carbocycles.